The van der Waals surface area contributed by atoms with Crippen LogP contribution in [0, 0.1) is 5.41 Å². The first kappa shape index (κ1) is 17.1. The number of esters is 1. The Kier molecular flexibility index (Phi) is 6.56. The van der Waals surface area contributed by atoms with Crippen molar-refractivity contribution in [1.82, 2.24) is 5.32 Å². The molecular formula is C16H25NO2S. The third kappa shape index (κ3) is 4.84. The molecule has 112 valence electrons. The molecule has 0 radical (unpaired) electrons. The second kappa shape index (κ2) is 7.70. The number of hydrogen-bond donors (Lipinski definition) is 1. The van der Waals surface area contributed by atoms with Gasteiger partial charge < -0.3 is 10.1 Å². The van der Waals surface area contributed by atoms with Gasteiger partial charge in [0, 0.05) is 16.7 Å². The van der Waals surface area contributed by atoms with E-state index in [2.05, 4.69) is 43.4 Å². The lowest BCUT2D eigenvalue weighted by Crippen LogP contribution is -2.28. The van der Waals surface area contributed by atoms with Crippen molar-refractivity contribution in [3.8, 4) is 0 Å². The number of thioether (sulfide) groups is 1. The number of hydrogen-bond acceptors (Lipinski definition) is 4. The summed E-state index contributed by atoms with van der Waals surface area (Å²) in [4.78, 5) is 12.9. The molecule has 1 unspecified atom stereocenters. The number of carbonyl (C=O) groups excluding carboxylic acids is 1. The average molecular weight is 295 g/mol. The van der Waals surface area contributed by atoms with Crippen molar-refractivity contribution in [2.24, 2.45) is 5.41 Å². The van der Waals surface area contributed by atoms with Gasteiger partial charge in [-0.25, -0.2) is 0 Å². The number of rotatable bonds is 7. The minimum atomic E-state index is -0.470. The maximum Gasteiger partial charge on any atom is 0.312 e. The molecule has 0 aliphatic carbocycles. The highest BCUT2D eigenvalue weighted by atomic mass is 32.2. The van der Waals surface area contributed by atoms with Crippen molar-refractivity contribution in [2.75, 3.05) is 19.4 Å². The van der Waals surface area contributed by atoms with E-state index in [-0.39, 0.29) is 5.97 Å². The highest BCUT2D eigenvalue weighted by molar-refractivity contribution is 7.99. The summed E-state index contributed by atoms with van der Waals surface area (Å²) in [5.41, 5.74) is 0.802. The Hall–Kier alpha value is -1.00. The smallest absolute Gasteiger partial charge is 0.312 e. The van der Waals surface area contributed by atoms with Crippen LogP contribution in [0.5, 0.6) is 0 Å². The van der Waals surface area contributed by atoms with E-state index in [1.165, 1.54) is 17.6 Å². The summed E-state index contributed by atoms with van der Waals surface area (Å²) >= 11 is 1.69. The number of benzene rings is 1. The van der Waals surface area contributed by atoms with Crippen LogP contribution < -0.4 is 5.32 Å². The number of nitrogens with one attached hydrogen (secondary N) is 1. The zero-order valence-electron chi connectivity index (χ0n) is 13.0. The molecule has 1 atom stereocenters. The molecule has 1 aromatic carbocycles. The van der Waals surface area contributed by atoms with Crippen LogP contribution in [-0.4, -0.2) is 25.4 Å². The molecule has 0 bridgehead atoms. The molecule has 0 saturated heterocycles. The van der Waals surface area contributed by atoms with Crippen molar-refractivity contribution >= 4 is 17.7 Å². The van der Waals surface area contributed by atoms with Crippen molar-refractivity contribution in [3.05, 3.63) is 29.8 Å². The fraction of sp³-hybridized carbons (Fsp3) is 0.562. The molecule has 0 aliphatic rings. The Morgan fingerprint density at radius 3 is 2.75 bits per heavy atom. The standard InChI is InChI=1S/C16H25NO2S/c1-6-17-12(2)13-8-7-9-14(10-13)20-11-16(3,4)15(18)19-5/h7-10,12,17H,6,11H2,1-5H3. The fourth-order valence-corrected chi connectivity index (χ4v) is 2.94. The van der Waals surface area contributed by atoms with Crippen molar-refractivity contribution < 1.29 is 9.53 Å². The normalized spacial score (nSPS) is 13.1. The summed E-state index contributed by atoms with van der Waals surface area (Å²) in [7, 11) is 1.44. The molecule has 0 spiro atoms. The van der Waals surface area contributed by atoms with Crippen molar-refractivity contribution in [3.63, 3.8) is 0 Å². The summed E-state index contributed by atoms with van der Waals surface area (Å²) in [6.07, 6.45) is 0. The molecule has 1 N–H and O–H groups in total. The topological polar surface area (TPSA) is 38.3 Å². The first-order valence-electron chi connectivity index (χ1n) is 6.95. The van der Waals surface area contributed by atoms with Gasteiger partial charge in [0.1, 0.15) is 0 Å². The van der Waals surface area contributed by atoms with Gasteiger partial charge in [-0.05, 0) is 45.0 Å². The Labute approximate surface area is 126 Å². The van der Waals surface area contributed by atoms with Gasteiger partial charge in [-0.15, -0.1) is 11.8 Å². The molecule has 0 heterocycles. The van der Waals surface area contributed by atoms with Gasteiger partial charge in [0.25, 0.3) is 0 Å². The summed E-state index contributed by atoms with van der Waals surface area (Å²) < 4.78 is 4.84. The first-order valence-corrected chi connectivity index (χ1v) is 7.94. The van der Waals surface area contributed by atoms with Gasteiger partial charge in [0.15, 0.2) is 0 Å². The second-order valence-corrected chi connectivity index (χ2v) is 6.56. The highest BCUT2D eigenvalue weighted by Crippen LogP contribution is 2.30. The summed E-state index contributed by atoms with van der Waals surface area (Å²) in [6.45, 7) is 9.04. The van der Waals surface area contributed by atoms with E-state index in [1.807, 2.05) is 13.8 Å². The lowest BCUT2D eigenvalue weighted by Gasteiger charge is -2.21. The molecule has 1 rings (SSSR count). The number of methoxy groups -OCH3 is 1. The number of ether oxygens (including phenoxy) is 1. The Morgan fingerprint density at radius 1 is 1.45 bits per heavy atom. The molecule has 3 nitrogen and oxygen atoms in total. The van der Waals surface area contributed by atoms with Crippen LogP contribution in [0.15, 0.2) is 29.2 Å². The molecule has 0 aromatic heterocycles. The first-order chi connectivity index (χ1) is 9.40. The van der Waals surface area contributed by atoms with E-state index >= 15 is 0 Å². The number of carbonyl (C=O) groups is 1. The van der Waals surface area contributed by atoms with E-state index in [0.717, 1.165) is 6.54 Å². The fourth-order valence-electron chi connectivity index (χ4n) is 1.90. The summed E-state index contributed by atoms with van der Waals surface area (Å²) in [6, 6.07) is 8.81. The highest BCUT2D eigenvalue weighted by Gasteiger charge is 2.28. The molecule has 0 amide bonds. The SMILES string of the molecule is CCNC(C)c1cccc(SCC(C)(C)C(=O)OC)c1. The summed E-state index contributed by atoms with van der Waals surface area (Å²) in [5, 5.41) is 3.41. The largest absolute Gasteiger partial charge is 0.469 e. The molecule has 0 saturated carbocycles. The van der Waals surface area contributed by atoms with Crippen LogP contribution in [0.25, 0.3) is 0 Å². The van der Waals surface area contributed by atoms with Crippen LogP contribution in [0.3, 0.4) is 0 Å². The van der Waals surface area contributed by atoms with Gasteiger partial charge in [0.05, 0.1) is 12.5 Å². The van der Waals surface area contributed by atoms with Gasteiger partial charge in [-0.2, -0.15) is 0 Å². The predicted octanol–water partition coefficient (Wildman–Crippen LogP) is 3.65. The van der Waals surface area contributed by atoms with Gasteiger partial charge in [-0.1, -0.05) is 19.1 Å². The monoisotopic (exact) mass is 295 g/mol. The lowest BCUT2D eigenvalue weighted by atomic mass is 9.97. The molecular weight excluding hydrogens is 270 g/mol. The predicted molar refractivity (Wildman–Crippen MR) is 85.1 cm³/mol. The minimum Gasteiger partial charge on any atom is -0.469 e. The van der Waals surface area contributed by atoms with Crippen LogP contribution in [0.1, 0.15) is 39.3 Å². The molecule has 0 fully saturated rings. The maximum absolute atomic E-state index is 11.7. The average Bonchev–Trinajstić information content (AvgIpc) is 2.45. The molecule has 20 heavy (non-hydrogen) atoms. The van der Waals surface area contributed by atoms with Crippen LogP contribution in [0.4, 0.5) is 0 Å². The van der Waals surface area contributed by atoms with Gasteiger partial charge in [0.2, 0.25) is 0 Å². The minimum absolute atomic E-state index is 0.165. The Morgan fingerprint density at radius 2 is 2.15 bits per heavy atom. The third-order valence-electron chi connectivity index (χ3n) is 3.21. The quantitative estimate of drug-likeness (QED) is 0.615. The van der Waals surface area contributed by atoms with Crippen LogP contribution in [-0.2, 0) is 9.53 Å². The van der Waals surface area contributed by atoms with Crippen molar-refractivity contribution in [1.29, 1.82) is 0 Å². The zero-order chi connectivity index (χ0) is 15.2. The van der Waals surface area contributed by atoms with E-state index in [1.54, 1.807) is 11.8 Å². The van der Waals surface area contributed by atoms with E-state index in [9.17, 15) is 4.79 Å². The van der Waals surface area contributed by atoms with Crippen LogP contribution in [0.2, 0.25) is 0 Å². The maximum atomic E-state index is 11.7. The molecule has 4 heteroatoms. The van der Waals surface area contributed by atoms with Gasteiger partial charge in [-0.3, -0.25) is 4.79 Å². The van der Waals surface area contributed by atoms with E-state index in [4.69, 9.17) is 4.74 Å². The van der Waals surface area contributed by atoms with Gasteiger partial charge >= 0.3 is 5.97 Å². The van der Waals surface area contributed by atoms with E-state index in [0.29, 0.717) is 11.8 Å². The zero-order valence-corrected chi connectivity index (χ0v) is 13.8. The van der Waals surface area contributed by atoms with Crippen molar-refractivity contribution in [2.45, 2.75) is 38.6 Å². The van der Waals surface area contributed by atoms with Crippen LogP contribution >= 0.6 is 11.8 Å². The third-order valence-corrected chi connectivity index (χ3v) is 4.66. The second-order valence-electron chi connectivity index (χ2n) is 5.52. The Bertz CT molecular complexity index is 446. The summed E-state index contributed by atoms with van der Waals surface area (Å²) in [5.74, 6) is 0.542. The molecule has 0 aliphatic heterocycles. The Balaban J connectivity index is 2.69. The van der Waals surface area contributed by atoms with E-state index < -0.39 is 5.41 Å². The lowest BCUT2D eigenvalue weighted by molar-refractivity contribution is -0.149. The molecule has 1 aromatic rings.